The first-order valence-electron chi connectivity index (χ1n) is 11.0. The third-order valence-corrected chi connectivity index (χ3v) is 11.5. The van der Waals surface area contributed by atoms with Crippen molar-refractivity contribution in [1.29, 1.82) is 0 Å². The summed E-state index contributed by atoms with van der Waals surface area (Å²) in [7, 11) is -1.23. The van der Waals surface area contributed by atoms with Gasteiger partial charge in [-0.1, -0.05) is 31.8 Å². The summed E-state index contributed by atoms with van der Waals surface area (Å²) >= 11 is -1.72. The molecular weight excluding hydrogens is 657 g/mol. The first-order valence-corrected chi connectivity index (χ1v) is 21.9. The maximum absolute atomic E-state index is 4.53. The Morgan fingerprint density at radius 2 is 1.18 bits per heavy atom. The largest absolute Gasteiger partial charge is 0 e. The van der Waals surface area contributed by atoms with Crippen LogP contribution in [0.25, 0.3) is 22.5 Å². The normalized spacial score (nSPS) is 11.1. The Morgan fingerprint density at radius 1 is 0.667 bits per heavy atom. The van der Waals surface area contributed by atoms with E-state index in [1.54, 1.807) is 0 Å². The van der Waals surface area contributed by atoms with Crippen molar-refractivity contribution in [2.75, 3.05) is 0 Å². The van der Waals surface area contributed by atoms with Gasteiger partial charge in [0, 0.05) is 26.3 Å². The summed E-state index contributed by atoms with van der Waals surface area (Å²) in [6.45, 7) is 7.00. The van der Waals surface area contributed by atoms with Crippen LogP contribution in [0.4, 0.5) is 0 Å². The van der Waals surface area contributed by atoms with Gasteiger partial charge in [0.15, 0.2) is 0 Å². The maximum atomic E-state index is 4.53. The standard InChI is InChI=1S/C14H16GeN.C14H16NSi.Ir/c1-15(2,3)13-9-10-14(16-11-13)12-7-5-4-6-8-12;1-16(2,3)13-9-10-14(15-11-13)12-7-5-4-6-8-12;/h2*4-7,9-11H,1-3H3;/q2*-1;. The van der Waals surface area contributed by atoms with E-state index in [4.69, 9.17) is 0 Å². The van der Waals surface area contributed by atoms with Gasteiger partial charge < -0.3 is 4.98 Å². The molecule has 2 heterocycles. The van der Waals surface area contributed by atoms with Crippen LogP contribution in [0.1, 0.15) is 0 Å². The fraction of sp³-hybridized carbons (Fsp3) is 0.214. The summed E-state index contributed by atoms with van der Waals surface area (Å²) in [5, 5.41) is 1.40. The SMILES string of the molecule is C[Si](C)(C)c1ccc(-c2[c-]cccc2)nc1.[CH3][Ge]([CH3])([CH3])[c]1ccc(-c2[c-]cccc2)nc1.[Ir]. The zero-order valence-corrected chi connectivity index (χ0v) is 25.8. The molecule has 0 bridgehead atoms. The number of nitrogens with zero attached hydrogens (tertiary/aromatic N) is 2. The molecule has 4 aromatic rings. The monoisotopic (exact) mass is 691 g/mol. The molecule has 0 saturated carbocycles. The van der Waals surface area contributed by atoms with Crippen molar-refractivity contribution in [3.8, 4) is 22.5 Å². The second-order valence-corrected chi connectivity index (χ2v) is 25.6. The van der Waals surface area contributed by atoms with Crippen LogP contribution in [0.5, 0.6) is 0 Å². The van der Waals surface area contributed by atoms with Gasteiger partial charge in [-0.25, -0.2) is 0 Å². The second kappa shape index (κ2) is 12.0. The quantitative estimate of drug-likeness (QED) is 0.189. The predicted octanol–water partition coefficient (Wildman–Crippen LogP) is 6.19. The molecule has 0 aliphatic heterocycles. The fourth-order valence-corrected chi connectivity index (χ4v) is 6.31. The molecule has 2 aromatic heterocycles. The van der Waals surface area contributed by atoms with E-state index >= 15 is 0 Å². The third kappa shape index (κ3) is 8.15. The molecule has 173 valence electrons. The van der Waals surface area contributed by atoms with E-state index in [1.165, 1.54) is 9.58 Å². The molecule has 0 aliphatic carbocycles. The van der Waals surface area contributed by atoms with Crippen LogP contribution < -0.4 is 9.58 Å². The van der Waals surface area contributed by atoms with Gasteiger partial charge in [0.25, 0.3) is 0 Å². The summed E-state index contributed by atoms with van der Waals surface area (Å²) in [5.74, 6) is 7.14. The van der Waals surface area contributed by atoms with E-state index in [1.807, 2.05) is 60.9 Å². The molecule has 1 radical (unpaired) electrons. The van der Waals surface area contributed by atoms with Gasteiger partial charge >= 0.3 is 99.8 Å². The Hall–Kier alpha value is -1.85. The van der Waals surface area contributed by atoms with E-state index < -0.39 is 21.3 Å². The van der Waals surface area contributed by atoms with E-state index in [0.29, 0.717) is 0 Å². The first-order chi connectivity index (χ1) is 15.1. The van der Waals surface area contributed by atoms with Crippen molar-refractivity contribution in [3.63, 3.8) is 0 Å². The average molecular weight is 689 g/mol. The number of aromatic nitrogens is 2. The van der Waals surface area contributed by atoms with Crippen LogP contribution in [0.3, 0.4) is 0 Å². The van der Waals surface area contributed by atoms with Crippen LogP contribution in [0.2, 0.25) is 36.9 Å². The second-order valence-electron chi connectivity index (χ2n) is 9.92. The zero-order chi connectivity index (χ0) is 23.2. The van der Waals surface area contributed by atoms with Crippen molar-refractivity contribution < 1.29 is 20.1 Å². The van der Waals surface area contributed by atoms with Crippen molar-refractivity contribution >= 4 is 30.9 Å². The molecule has 0 atom stereocenters. The van der Waals surface area contributed by atoms with Crippen molar-refractivity contribution in [2.24, 2.45) is 0 Å². The van der Waals surface area contributed by atoms with E-state index in [9.17, 15) is 0 Å². The zero-order valence-electron chi connectivity index (χ0n) is 20.3. The molecular formula is C28H32GeIrN2Si-2. The topological polar surface area (TPSA) is 25.8 Å². The van der Waals surface area contributed by atoms with Gasteiger partial charge in [0.1, 0.15) is 0 Å². The Labute approximate surface area is 216 Å². The van der Waals surface area contributed by atoms with Gasteiger partial charge in [-0.15, -0.1) is 35.9 Å². The molecule has 5 heteroatoms. The van der Waals surface area contributed by atoms with Gasteiger partial charge in [-0.2, -0.15) is 0 Å². The van der Waals surface area contributed by atoms with Crippen molar-refractivity contribution in [2.45, 2.75) is 36.9 Å². The van der Waals surface area contributed by atoms with Crippen LogP contribution >= 0.6 is 0 Å². The van der Waals surface area contributed by atoms with Gasteiger partial charge in [-0.05, 0) is 10.9 Å². The van der Waals surface area contributed by atoms with Crippen molar-refractivity contribution in [3.05, 3.63) is 97.3 Å². The van der Waals surface area contributed by atoms with Gasteiger partial charge in [0.2, 0.25) is 0 Å². The fourth-order valence-electron chi connectivity index (χ4n) is 3.10. The molecule has 33 heavy (non-hydrogen) atoms. The molecule has 0 N–H and O–H groups in total. The maximum Gasteiger partial charge on any atom is 0 e. The molecule has 2 aromatic carbocycles. The number of hydrogen-bond donors (Lipinski definition) is 0. The Kier molecular flexibility index (Phi) is 9.98. The van der Waals surface area contributed by atoms with Gasteiger partial charge in [-0.3, -0.25) is 0 Å². The van der Waals surface area contributed by atoms with Crippen LogP contribution in [-0.2, 0) is 20.1 Å². The van der Waals surface area contributed by atoms with Crippen LogP contribution in [0.15, 0.2) is 85.2 Å². The smallest absolute Gasteiger partial charge is 0 e. The molecule has 0 fully saturated rings. The van der Waals surface area contributed by atoms with E-state index in [-0.39, 0.29) is 20.1 Å². The number of hydrogen-bond acceptors (Lipinski definition) is 2. The minimum Gasteiger partial charge on any atom is 0 e. The molecule has 2 nitrogen and oxygen atoms in total. The summed E-state index contributed by atoms with van der Waals surface area (Å²) in [6.07, 6.45) is 4.05. The van der Waals surface area contributed by atoms with Gasteiger partial charge in [0.05, 0.1) is 8.07 Å². The van der Waals surface area contributed by atoms with E-state index in [2.05, 4.69) is 83.3 Å². The summed E-state index contributed by atoms with van der Waals surface area (Å²) < 4.78 is 1.44. The third-order valence-electron chi connectivity index (χ3n) is 5.23. The molecule has 0 unspecified atom stereocenters. The summed E-state index contributed by atoms with van der Waals surface area (Å²) in [6, 6.07) is 30.9. The predicted molar refractivity (Wildman–Crippen MR) is 143 cm³/mol. The average Bonchev–Trinajstić information content (AvgIpc) is 2.80. The molecule has 0 saturated heterocycles. The first kappa shape index (κ1) is 27.4. The minimum atomic E-state index is -1.72. The minimum absolute atomic E-state index is 0. The molecule has 4 rings (SSSR count). The summed E-state index contributed by atoms with van der Waals surface area (Å²) in [5.41, 5.74) is 4.14. The molecule has 0 aliphatic rings. The Morgan fingerprint density at radius 3 is 1.52 bits per heavy atom. The van der Waals surface area contributed by atoms with E-state index in [0.717, 1.165) is 22.5 Å². The Bertz CT molecular complexity index is 1010. The van der Waals surface area contributed by atoms with Crippen LogP contribution in [-0.4, -0.2) is 31.3 Å². The Balaban J connectivity index is 0.000000227. The van der Waals surface area contributed by atoms with Crippen molar-refractivity contribution in [1.82, 2.24) is 9.97 Å². The summed E-state index contributed by atoms with van der Waals surface area (Å²) in [4.78, 5) is 9.05. The number of pyridine rings is 2. The molecule has 0 spiro atoms. The number of benzene rings is 2. The molecule has 0 amide bonds. The number of rotatable bonds is 4. The van der Waals surface area contributed by atoms with Crippen LogP contribution in [0, 0.1) is 12.1 Å².